The van der Waals surface area contributed by atoms with E-state index < -0.39 is 0 Å². The first kappa shape index (κ1) is 20.7. The van der Waals surface area contributed by atoms with Gasteiger partial charge in [-0.15, -0.1) is 0 Å². The van der Waals surface area contributed by atoms with Crippen LogP contribution in [0, 0.1) is 13.8 Å². The molecular formula is C29H29NO2. The van der Waals surface area contributed by atoms with Crippen LogP contribution in [0.25, 0.3) is 32.3 Å². The fourth-order valence-electron chi connectivity index (χ4n) is 5.08. The molecule has 3 nitrogen and oxygen atoms in total. The standard InChI is InChI=1S/C29H29NO2/c1-19-7-10-22-25-16-20(2)8-11-23(25)27-18-21(9-12-24(27)26(22)17-19)6-4-3-5-15-30-28(31)13-14-29(30)32/h7-12,16-18H,3-6,13-15H2,1-2H3. The first-order valence-corrected chi connectivity index (χ1v) is 11.7. The van der Waals surface area contributed by atoms with Gasteiger partial charge < -0.3 is 0 Å². The number of rotatable bonds is 6. The molecule has 1 fully saturated rings. The molecule has 4 aromatic rings. The van der Waals surface area contributed by atoms with Gasteiger partial charge in [0.25, 0.3) is 0 Å². The van der Waals surface area contributed by atoms with Crippen molar-refractivity contribution in [1.82, 2.24) is 4.90 Å². The lowest BCUT2D eigenvalue weighted by Crippen LogP contribution is -2.29. The third kappa shape index (κ3) is 3.77. The van der Waals surface area contributed by atoms with Crippen LogP contribution >= 0.6 is 0 Å². The number of fused-ring (bicyclic) bond motifs is 6. The van der Waals surface area contributed by atoms with E-state index in [9.17, 15) is 9.59 Å². The zero-order valence-corrected chi connectivity index (χ0v) is 18.9. The predicted molar refractivity (Wildman–Crippen MR) is 132 cm³/mol. The van der Waals surface area contributed by atoms with Gasteiger partial charge in [0.1, 0.15) is 0 Å². The summed E-state index contributed by atoms with van der Waals surface area (Å²) in [5.74, 6) is -0.0109. The summed E-state index contributed by atoms with van der Waals surface area (Å²) in [6.07, 6.45) is 4.75. The van der Waals surface area contributed by atoms with Crippen LogP contribution in [0.4, 0.5) is 0 Å². The van der Waals surface area contributed by atoms with Crippen LogP contribution in [0.2, 0.25) is 0 Å². The zero-order valence-electron chi connectivity index (χ0n) is 18.9. The summed E-state index contributed by atoms with van der Waals surface area (Å²) < 4.78 is 0. The molecule has 0 aliphatic carbocycles. The van der Waals surface area contributed by atoms with E-state index in [0.717, 1.165) is 25.7 Å². The Labute approximate surface area is 189 Å². The number of hydrogen-bond donors (Lipinski definition) is 0. The number of carbonyl (C=O) groups excluding carboxylic acids is 2. The van der Waals surface area contributed by atoms with E-state index in [1.807, 2.05) is 0 Å². The van der Waals surface area contributed by atoms with Gasteiger partial charge in [-0.05, 0) is 71.0 Å². The van der Waals surface area contributed by atoms with Gasteiger partial charge >= 0.3 is 0 Å². The Kier molecular flexibility index (Phi) is 5.42. The third-order valence-electron chi connectivity index (χ3n) is 6.81. The van der Waals surface area contributed by atoms with Crippen LogP contribution in [-0.4, -0.2) is 23.3 Å². The molecule has 1 saturated heterocycles. The maximum Gasteiger partial charge on any atom is 0.229 e. The summed E-state index contributed by atoms with van der Waals surface area (Å²) in [7, 11) is 0. The second-order valence-electron chi connectivity index (χ2n) is 9.23. The Bertz CT molecular complexity index is 1310. The van der Waals surface area contributed by atoms with Crippen molar-refractivity contribution in [3.8, 4) is 0 Å². The summed E-state index contributed by atoms with van der Waals surface area (Å²) in [6.45, 7) is 4.89. The molecule has 0 N–H and O–H groups in total. The van der Waals surface area contributed by atoms with Crippen molar-refractivity contribution in [2.24, 2.45) is 0 Å². The first-order valence-electron chi connectivity index (χ1n) is 11.7. The van der Waals surface area contributed by atoms with Gasteiger partial charge in [-0.25, -0.2) is 0 Å². The summed E-state index contributed by atoms with van der Waals surface area (Å²) in [5.41, 5.74) is 3.91. The highest BCUT2D eigenvalue weighted by atomic mass is 16.2. The van der Waals surface area contributed by atoms with Gasteiger partial charge in [-0.2, -0.15) is 0 Å². The molecule has 5 rings (SSSR count). The summed E-state index contributed by atoms with van der Waals surface area (Å²) in [5, 5.41) is 7.92. The van der Waals surface area contributed by atoms with Crippen molar-refractivity contribution >= 4 is 44.1 Å². The topological polar surface area (TPSA) is 37.4 Å². The second-order valence-corrected chi connectivity index (χ2v) is 9.23. The molecule has 0 aromatic heterocycles. The molecule has 1 aliphatic rings. The molecular weight excluding hydrogens is 394 g/mol. The summed E-state index contributed by atoms with van der Waals surface area (Å²) in [4.78, 5) is 24.9. The molecule has 0 spiro atoms. The van der Waals surface area contributed by atoms with E-state index in [1.54, 1.807) is 0 Å². The maximum absolute atomic E-state index is 11.7. The lowest BCUT2D eigenvalue weighted by molar-refractivity contribution is -0.138. The Morgan fingerprint density at radius 1 is 0.625 bits per heavy atom. The normalized spacial score (nSPS) is 14.4. The largest absolute Gasteiger partial charge is 0.283 e. The number of aryl methyl sites for hydroxylation is 3. The van der Waals surface area contributed by atoms with Gasteiger partial charge in [0.2, 0.25) is 11.8 Å². The number of benzene rings is 4. The van der Waals surface area contributed by atoms with E-state index in [2.05, 4.69) is 68.4 Å². The Morgan fingerprint density at radius 2 is 1.16 bits per heavy atom. The average Bonchev–Trinajstić information content (AvgIpc) is 3.10. The predicted octanol–water partition coefficient (Wildman–Crippen LogP) is 6.62. The lowest BCUT2D eigenvalue weighted by Gasteiger charge is -2.14. The van der Waals surface area contributed by atoms with Crippen molar-refractivity contribution in [2.45, 2.75) is 52.4 Å². The lowest BCUT2D eigenvalue weighted by atomic mass is 9.91. The minimum absolute atomic E-state index is 0.00546. The molecule has 0 bridgehead atoms. The molecule has 0 atom stereocenters. The van der Waals surface area contributed by atoms with Crippen LogP contribution in [-0.2, 0) is 16.0 Å². The maximum atomic E-state index is 11.7. The van der Waals surface area contributed by atoms with Gasteiger partial charge in [0.15, 0.2) is 0 Å². The second kappa shape index (κ2) is 8.38. The Balaban J connectivity index is 1.40. The smallest absolute Gasteiger partial charge is 0.229 e. The molecule has 2 amide bonds. The minimum Gasteiger partial charge on any atom is -0.283 e. The van der Waals surface area contributed by atoms with Crippen LogP contribution in [0.1, 0.15) is 48.8 Å². The van der Waals surface area contributed by atoms with Gasteiger partial charge in [0, 0.05) is 19.4 Å². The van der Waals surface area contributed by atoms with Crippen LogP contribution < -0.4 is 0 Å². The minimum atomic E-state index is -0.00546. The SMILES string of the molecule is Cc1ccc2c(c1)c1ccc(C)cc1c1ccc(CCCCCN3C(=O)CCC3=O)cc21. The monoisotopic (exact) mass is 423 g/mol. The van der Waals surface area contributed by atoms with Crippen LogP contribution in [0.5, 0.6) is 0 Å². The fraction of sp³-hybridized carbons (Fsp3) is 0.310. The highest BCUT2D eigenvalue weighted by molar-refractivity contribution is 6.25. The quantitative estimate of drug-likeness (QED) is 0.198. The van der Waals surface area contributed by atoms with Crippen LogP contribution in [0.15, 0.2) is 54.6 Å². The molecule has 0 unspecified atom stereocenters. The van der Waals surface area contributed by atoms with Gasteiger partial charge in [-0.3, -0.25) is 14.5 Å². The van der Waals surface area contributed by atoms with E-state index in [4.69, 9.17) is 0 Å². The number of carbonyl (C=O) groups is 2. The molecule has 4 aromatic carbocycles. The molecule has 3 heteroatoms. The average molecular weight is 424 g/mol. The molecule has 0 saturated carbocycles. The summed E-state index contributed by atoms with van der Waals surface area (Å²) >= 11 is 0. The number of unbranched alkanes of at least 4 members (excludes halogenated alkanes) is 2. The molecule has 1 aliphatic heterocycles. The number of amides is 2. The molecule has 32 heavy (non-hydrogen) atoms. The Hall–Kier alpha value is -3.20. The van der Waals surface area contributed by atoms with Gasteiger partial charge in [0.05, 0.1) is 0 Å². The van der Waals surface area contributed by atoms with E-state index >= 15 is 0 Å². The highest BCUT2D eigenvalue weighted by Gasteiger charge is 2.27. The van der Waals surface area contributed by atoms with Gasteiger partial charge in [-0.1, -0.05) is 72.1 Å². The zero-order chi connectivity index (χ0) is 22.2. The third-order valence-corrected chi connectivity index (χ3v) is 6.81. The van der Waals surface area contributed by atoms with E-state index in [-0.39, 0.29) is 11.8 Å². The molecule has 1 heterocycles. The van der Waals surface area contributed by atoms with Crippen molar-refractivity contribution in [2.75, 3.05) is 6.54 Å². The van der Waals surface area contributed by atoms with Crippen LogP contribution in [0.3, 0.4) is 0 Å². The van der Waals surface area contributed by atoms with E-state index in [0.29, 0.717) is 19.4 Å². The number of imide groups is 1. The fourth-order valence-corrected chi connectivity index (χ4v) is 5.08. The number of nitrogens with zero attached hydrogens (tertiary/aromatic N) is 1. The van der Waals surface area contributed by atoms with E-state index in [1.165, 1.54) is 53.9 Å². The highest BCUT2D eigenvalue weighted by Crippen LogP contribution is 2.36. The summed E-state index contributed by atoms with van der Waals surface area (Å²) in [6, 6.07) is 20.5. The number of likely N-dealkylation sites (tertiary alicyclic amines) is 1. The van der Waals surface area contributed by atoms with Crippen molar-refractivity contribution in [3.63, 3.8) is 0 Å². The first-order chi connectivity index (χ1) is 15.5. The number of hydrogen-bond acceptors (Lipinski definition) is 2. The molecule has 0 radical (unpaired) electrons. The van der Waals surface area contributed by atoms with Crippen molar-refractivity contribution < 1.29 is 9.59 Å². The van der Waals surface area contributed by atoms with Crippen molar-refractivity contribution in [1.29, 1.82) is 0 Å². The van der Waals surface area contributed by atoms with Crippen molar-refractivity contribution in [3.05, 3.63) is 71.3 Å². The molecule has 162 valence electrons. The Morgan fingerprint density at radius 3 is 1.75 bits per heavy atom.